The Morgan fingerprint density at radius 2 is 2.16 bits per heavy atom. The minimum Gasteiger partial charge on any atom is -0.368 e. The fourth-order valence-corrected chi connectivity index (χ4v) is 3.09. The summed E-state index contributed by atoms with van der Waals surface area (Å²) in [5.74, 6) is 1.49. The van der Waals surface area contributed by atoms with Crippen LogP contribution in [0, 0.1) is 0 Å². The maximum atomic E-state index is 6.04. The van der Waals surface area contributed by atoms with Gasteiger partial charge in [0.15, 0.2) is 5.65 Å². The van der Waals surface area contributed by atoms with Crippen molar-refractivity contribution in [1.82, 2.24) is 29.9 Å². The molecule has 0 amide bonds. The lowest BCUT2D eigenvalue weighted by atomic mass is 9.95. The first-order valence-corrected chi connectivity index (χ1v) is 8.36. The van der Waals surface area contributed by atoms with Crippen LogP contribution in [-0.2, 0) is 6.54 Å². The zero-order valence-corrected chi connectivity index (χ0v) is 13.8. The number of aromatic nitrogens is 5. The lowest BCUT2D eigenvalue weighted by Gasteiger charge is -2.23. The molecule has 126 valence electrons. The average Bonchev–Trinajstić information content (AvgIpc) is 3.03. The van der Waals surface area contributed by atoms with Gasteiger partial charge in [0.2, 0.25) is 5.95 Å². The Balaban J connectivity index is 1.64. The highest BCUT2D eigenvalue weighted by Crippen LogP contribution is 2.24. The minimum absolute atomic E-state index is 0.266. The quantitative estimate of drug-likeness (QED) is 0.576. The van der Waals surface area contributed by atoms with Crippen LogP contribution >= 0.6 is 0 Å². The van der Waals surface area contributed by atoms with Gasteiger partial charge in [0.05, 0.1) is 5.69 Å². The van der Waals surface area contributed by atoms with Gasteiger partial charge in [-0.15, -0.1) is 0 Å². The molecule has 9 heteroatoms. The number of nitrogens with one attached hydrogen (secondary N) is 2. The first-order chi connectivity index (χ1) is 12.2. The highest BCUT2D eigenvalue weighted by atomic mass is 15.3. The smallest absolute Gasteiger partial charge is 0.219 e. The van der Waals surface area contributed by atoms with E-state index in [0.29, 0.717) is 23.6 Å². The Labute approximate surface area is 146 Å². The van der Waals surface area contributed by atoms with Crippen LogP contribution in [0.1, 0.15) is 30.0 Å². The lowest BCUT2D eigenvalue weighted by molar-refractivity contribution is 0.455. The van der Waals surface area contributed by atoms with Crippen molar-refractivity contribution in [2.45, 2.75) is 25.3 Å². The summed E-state index contributed by atoms with van der Waals surface area (Å²) in [5.41, 5.74) is 8.74. The van der Waals surface area contributed by atoms with Gasteiger partial charge in [0.1, 0.15) is 13.7 Å². The van der Waals surface area contributed by atoms with E-state index < -0.39 is 0 Å². The number of hydrogen-bond acceptors (Lipinski definition) is 7. The van der Waals surface area contributed by atoms with Crippen LogP contribution in [0.4, 0.5) is 11.8 Å². The fourth-order valence-electron chi connectivity index (χ4n) is 3.09. The van der Waals surface area contributed by atoms with E-state index in [1.165, 1.54) is 0 Å². The first-order valence-electron chi connectivity index (χ1n) is 8.36. The molecule has 4 heterocycles. The molecule has 0 aromatic carbocycles. The second-order valence-electron chi connectivity index (χ2n) is 6.25. The van der Waals surface area contributed by atoms with Crippen molar-refractivity contribution >= 4 is 30.7 Å². The number of rotatable bonds is 4. The highest BCUT2D eigenvalue weighted by molar-refractivity contribution is 6.36. The third-order valence-electron chi connectivity index (χ3n) is 4.43. The van der Waals surface area contributed by atoms with Crippen molar-refractivity contribution in [3.05, 3.63) is 35.9 Å². The van der Waals surface area contributed by atoms with E-state index >= 15 is 0 Å². The van der Waals surface area contributed by atoms with Crippen molar-refractivity contribution in [3.63, 3.8) is 0 Å². The molecule has 1 atom stereocenters. The van der Waals surface area contributed by atoms with Gasteiger partial charge in [-0.25, -0.2) is 15.0 Å². The van der Waals surface area contributed by atoms with Crippen molar-refractivity contribution in [3.8, 4) is 0 Å². The molecule has 2 radical (unpaired) electrons. The lowest BCUT2D eigenvalue weighted by Crippen LogP contribution is -2.29. The summed E-state index contributed by atoms with van der Waals surface area (Å²) in [7, 11) is 6.04. The molecule has 1 aliphatic rings. The Morgan fingerprint density at radius 3 is 2.92 bits per heavy atom. The van der Waals surface area contributed by atoms with Crippen molar-refractivity contribution in [1.29, 1.82) is 0 Å². The zero-order valence-electron chi connectivity index (χ0n) is 13.8. The number of piperidine rings is 1. The van der Waals surface area contributed by atoms with Crippen LogP contribution in [0.2, 0.25) is 0 Å². The molecule has 0 saturated carbocycles. The largest absolute Gasteiger partial charge is 0.368 e. The normalized spacial score (nSPS) is 17.7. The number of anilines is 2. The van der Waals surface area contributed by atoms with Gasteiger partial charge in [-0.2, -0.15) is 9.61 Å². The number of nitrogen functional groups attached to an aromatic ring is 1. The number of fused-ring (bicyclic) bond motifs is 1. The van der Waals surface area contributed by atoms with Crippen LogP contribution in [0.3, 0.4) is 0 Å². The monoisotopic (exact) mass is 334 g/mol. The van der Waals surface area contributed by atoms with E-state index in [2.05, 4.69) is 31.8 Å². The molecule has 4 N–H and O–H groups in total. The average molecular weight is 334 g/mol. The summed E-state index contributed by atoms with van der Waals surface area (Å²) in [6.45, 7) is 2.56. The second kappa shape index (κ2) is 6.68. The second-order valence-corrected chi connectivity index (χ2v) is 6.25. The van der Waals surface area contributed by atoms with E-state index in [4.69, 9.17) is 18.6 Å². The molecule has 1 unspecified atom stereocenters. The first kappa shape index (κ1) is 15.8. The number of hydrogen-bond donors (Lipinski definition) is 3. The summed E-state index contributed by atoms with van der Waals surface area (Å²) in [6.07, 6.45) is 7.31. The molecule has 3 aromatic rings. The fraction of sp³-hybridized carbons (Fsp3) is 0.375. The molecule has 3 aromatic heterocycles. The Kier molecular flexibility index (Phi) is 4.23. The molecule has 0 bridgehead atoms. The van der Waals surface area contributed by atoms with Gasteiger partial charge in [-0.05, 0) is 24.8 Å². The maximum absolute atomic E-state index is 6.04. The van der Waals surface area contributed by atoms with Crippen LogP contribution in [0.25, 0.3) is 5.65 Å². The van der Waals surface area contributed by atoms with Gasteiger partial charge in [0, 0.05) is 49.2 Å². The van der Waals surface area contributed by atoms with Crippen LogP contribution in [0.15, 0.2) is 24.7 Å². The summed E-state index contributed by atoms with van der Waals surface area (Å²) in [5, 5.41) is 11.1. The van der Waals surface area contributed by atoms with Crippen molar-refractivity contribution in [2.75, 3.05) is 24.1 Å². The molecule has 4 rings (SSSR count). The molecule has 0 aliphatic carbocycles. The number of nitrogens with zero attached hydrogens (tertiary/aromatic N) is 5. The maximum Gasteiger partial charge on any atom is 0.219 e. The zero-order chi connectivity index (χ0) is 17.2. The minimum atomic E-state index is 0.266. The van der Waals surface area contributed by atoms with Crippen LogP contribution < -0.4 is 21.8 Å². The predicted octanol–water partition coefficient (Wildman–Crippen LogP) is -0.0256. The van der Waals surface area contributed by atoms with E-state index in [9.17, 15) is 0 Å². The van der Waals surface area contributed by atoms with Gasteiger partial charge in [0.25, 0.3) is 0 Å². The van der Waals surface area contributed by atoms with Gasteiger partial charge in [-0.3, -0.25) is 0 Å². The molecule has 1 aliphatic heterocycles. The van der Waals surface area contributed by atoms with E-state index in [1.54, 1.807) is 23.1 Å². The SMILES string of the molecule is [B]c1cnn2c(NCc3cnc(N)nc3)cc(C3CCCNC3)nc12. The standard InChI is InChI=1S/C16H19BN8/c17-12-9-23-25-14(20-5-10-6-21-16(18)22-7-10)4-13(24-15(12)25)11-2-1-3-19-8-11/h4,6-7,9,11,19-20H,1-3,5,8H2,(H2,18,21,22). The molecule has 1 fully saturated rings. The highest BCUT2D eigenvalue weighted by Gasteiger charge is 2.19. The van der Waals surface area contributed by atoms with Crippen LogP contribution in [0.5, 0.6) is 0 Å². The van der Waals surface area contributed by atoms with Gasteiger partial charge < -0.3 is 16.4 Å². The molecule has 0 spiro atoms. The summed E-state index contributed by atoms with van der Waals surface area (Å²) in [6, 6.07) is 2.05. The summed E-state index contributed by atoms with van der Waals surface area (Å²) < 4.78 is 1.73. The Hall–Kier alpha value is -2.68. The molecular weight excluding hydrogens is 315 g/mol. The third kappa shape index (κ3) is 3.27. The van der Waals surface area contributed by atoms with E-state index in [-0.39, 0.29) is 5.95 Å². The molecule has 8 nitrogen and oxygen atoms in total. The summed E-state index contributed by atoms with van der Waals surface area (Å²) in [4.78, 5) is 12.8. The van der Waals surface area contributed by atoms with Crippen LogP contribution in [-0.4, -0.2) is 45.5 Å². The number of nitrogens with two attached hydrogens (primary N) is 1. The molecule has 25 heavy (non-hydrogen) atoms. The predicted molar refractivity (Wildman–Crippen MR) is 97.0 cm³/mol. The van der Waals surface area contributed by atoms with Gasteiger partial charge >= 0.3 is 0 Å². The van der Waals surface area contributed by atoms with Crippen molar-refractivity contribution < 1.29 is 0 Å². The van der Waals surface area contributed by atoms with Gasteiger partial charge in [-0.1, -0.05) is 0 Å². The third-order valence-corrected chi connectivity index (χ3v) is 4.43. The van der Waals surface area contributed by atoms with E-state index in [0.717, 1.165) is 43.0 Å². The topological polar surface area (TPSA) is 106 Å². The molecular formula is C16H19BN8. The molecule has 1 saturated heterocycles. The Morgan fingerprint density at radius 1 is 1.32 bits per heavy atom. The van der Waals surface area contributed by atoms with E-state index in [1.807, 2.05) is 0 Å². The Bertz CT molecular complexity index is 870. The summed E-state index contributed by atoms with van der Waals surface area (Å²) >= 11 is 0. The van der Waals surface area contributed by atoms with Crippen molar-refractivity contribution in [2.24, 2.45) is 0 Å².